The van der Waals surface area contributed by atoms with Crippen LogP contribution < -0.4 is 10.2 Å². The summed E-state index contributed by atoms with van der Waals surface area (Å²) in [7, 11) is 0. The average Bonchev–Trinajstić information content (AvgIpc) is 3.02. The van der Waals surface area contributed by atoms with Crippen LogP contribution in [-0.2, 0) is 0 Å². The van der Waals surface area contributed by atoms with Crippen LogP contribution in [-0.4, -0.2) is 13.1 Å². The van der Waals surface area contributed by atoms with Crippen LogP contribution in [0.15, 0.2) is 12.1 Å². The van der Waals surface area contributed by atoms with Gasteiger partial charge in [0.1, 0.15) is 0 Å². The standard InChI is InChI=1S/C14H22N2/c1-5-16(9-8-10(2)3)12-7-6-11(4)13-14(12)15-13/h6-7,10,15H,5,8-9H2,1-4H3. The Kier molecular flexibility index (Phi) is 3.08. The third-order valence-electron chi connectivity index (χ3n) is 3.28. The molecule has 1 N–H and O–H groups in total. The molecule has 16 heavy (non-hydrogen) atoms. The number of fused-ring (bicyclic) bond motifs is 1. The summed E-state index contributed by atoms with van der Waals surface area (Å²) in [5.41, 5.74) is 5.44. The van der Waals surface area contributed by atoms with Gasteiger partial charge in [0.25, 0.3) is 0 Å². The van der Waals surface area contributed by atoms with Crippen LogP contribution in [0.25, 0.3) is 0 Å². The molecule has 2 rings (SSSR count). The summed E-state index contributed by atoms with van der Waals surface area (Å²) in [4.78, 5) is 2.47. The van der Waals surface area contributed by atoms with Crippen molar-refractivity contribution in [1.29, 1.82) is 0 Å². The number of anilines is 3. The lowest BCUT2D eigenvalue weighted by atomic mass is 10.1. The van der Waals surface area contributed by atoms with E-state index in [-0.39, 0.29) is 0 Å². The molecule has 0 bridgehead atoms. The molecule has 1 aromatic carbocycles. The zero-order chi connectivity index (χ0) is 11.7. The quantitative estimate of drug-likeness (QED) is 0.769. The van der Waals surface area contributed by atoms with Crippen molar-refractivity contribution in [3.63, 3.8) is 0 Å². The van der Waals surface area contributed by atoms with Gasteiger partial charge in [-0.05, 0) is 37.8 Å². The third-order valence-corrected chi connectivity index (χ3v) is 3.28. The monoisotopic (exact) mass is 218 g/mol. The fourth-order valence-corrected chi connectivity index (χ4v) is 2.08. The predicted molar refractivity (Wildman–Crippen MR) is 71.8 cm³/mol. The van der Waals surface area contributed by atoms with Gasteiger partial charge in [-0.25, -0.2) is 0 Å². The first kappa shape index (κ1) is 11.3. The Bertz CT molecular complexity index is 383. The van der Waals surface area contributed by atoms with Gasteiger partial charge in [0.2, 0.25) is 0 Å². The maximum Gasteiger partial charge on any atom is 0.0864 e. The molecule has 0 saturated heterocycles. The molecule has 0 unspecified atom stereocenters. The Hall–Kier alpha value is -1.18. The summed E-state index contributed by atoms with van der Waals surface area (Å²) in [6, 6.07) is 4.46. The Balaban J connectivity index is 2.10. The van der Waals surface area contributed by atoms with Crippen molar-refractivity contribution in [3.05, 3.63) is 17.7 Å². The van der Waals surface area contributed by atoms with Crippen LogP contribution in [0.4, 0.5) is 17.1 Å². The van der Waals surface area contributed by atoms with E-state index < -0.39 is 0 Å². The number of aryl methyl sites for hydroxylation is 1. The van der Waals surface area contributed by atoms with Crippen LogP contribution >= 0.6 is 0 Å². The van der Waals surface area contributed by atoms with E-state index in [1.54, 1.807) is 0 Å². The SMILES string of the molecule is CCN(CCC(C)C)c1ccc(C)c2c1N2. The smallest absolute Gasteiger partial charge is 0.0864 e. The molecule has 1 heterocycles. The van der Waals surface area contributed by atoms with Crippen molar-refractivity contribution in [2.75, 3.05) is 23.3 Å². The topological polar surface area (TPSA) is 25.2 Å². The number of nitrogens with one attached hydrogen (secondary N) is 1. The maximum absolute atomic E-state index is 3.39. The van der Waals surface area contributed by atoms with Crippen molar-refractivity contribution in [2.24, 2.45) is 5.92 Å². The minimum absolute atomic E-state index is 0.774. The Morgan fingerprint density at radius 2 is 2.00 bits per heavy atom. The molecule has 0 radical (unpaired) electrons. The highest BCUT2D eigenvalue weighted by molar-refractivity contribution is 6.01. The lowest BCUT2D eigenvalue weighted by Crippen LogP contribution is -2.24. The lowest BCUT2D eigenvalue weighted by Gasteiger charge is -2.23. The first-order chi connectivity index (χ1) is 7.63. The second kappa shape index (κ2) is 4.36. The Labute approximate surface area is 98.7 Å². The van der Waals surface area contributed by atoms with Crippen LogP contribution in [0, 0.1) is 12.8 Å². The molecule has 0 fully saturated rings. The number of nitrogens with zero attached hydrogens (tertiary/aromatic N) is 1. The molecular formula is C14H22N2. The van der Waals surface area contributed by atoms with Crippen LogP contribution in [0.5, 0.6) is 0 Å². The van der Waals surface area contributed by atoms with E-state index in [4.69, 9.17) is 0 Å². The van der Waals surface area contributed by atoms with Gasteiger partial charge in [0, 0.05) is 13.1 Å². The van der Waals surface area contributed by atoms with Gasteiger partial charge in [-0.1, -0.05) is 19.9 Å². The molecule has 2 nitrogen and oxygen atoms in total. The summed E-state index contributed by atoms with van der Waals surface area (Å²) in [6.45, 7) is 11.2. The van der Waals surface area contributed by atoms with E-state index in [1.165, 1.54) is 29.0 Å². The molecule has 0 amide bonds. The predicted octanol–water partition coefficient (Wildman–Crippen LogP) is 3.92. The van der Waals surface area contributed by atoms with Crippen LogP contribution in [0.2, 0.25) is 0 Å². The molecule has 0 aromatic heterocycles. The van der Waals surface area contributed by atoms with Gasteiger partial charge in [-0.15, -0.1) is 0 Å². The summed E-state index contributed by atoms with van der Waals surface area (Å²) in [6.07, 6.45) is 1.26. The summed E-state index contributed by atoms with van der Waals surface area (Å²) < 4.78 is 0. The second-order valence-electron chi connectivity index (χ2n) is 5.04. The minimum atomic E-state index is 0.774. The van der Waals surface area contributed by atoms with Crippen molar-refractivity contribution in [1.82, 2.24) is 0 Å². The lowest BCUT2D eigenvalue weighted by molar-refractivity contribution is 0.577. The molecule has 0 atom stereocenters. The molecule has 1 aliphatic heterocycles. The van der Waals surface area contributed by atoms with Crippen molar-refractivity contribution in [3.8, 4) is 0 Å². The molecule has 1 aliphatic rings. The number of hydrogen-bond acceptors (Lipinski definition) is 2. The van der Waals surface area contributed by atoms with Crippen molar-refractivity contribution < 1.29 is 0 Å². The van der Waals surface area contributed by atoms with Gasteiger partial charge >= 0.3 is 0 Å². The highest BCUT2D eigenvalue weighted by Gasteiger charge is 2.25. The normalized spacial score (nSPS) is 12.3. The van der Waals surface area contributed by atoms with E-state index >= 15 is 0 Å². The average molecular weight is 218 g/mol. The van der Waals surface area contributed by atoms with Crippen LogP contribution in [0.1, 0.15) is 32.8 Å². The van der Waals surface area contributed by atoms with Gasteiger partial charge in [0.15, 0.2) is 0 Å². The number of rotatable bonds is 5. The van der Waals surface area contributed by atoms with Gasteiger partial charge in [-0.2, -0.15) is 0 Å². The van der Waals surface area contributed by atoms with E-state index in [2.05, 4.69) is 50.0 Å². The molecule has 88 valence electrons. The summed E-state index contributed by atoms with van der Waals surface area (Å²) in [5, 5.41) is 3.39. The fourth-order valence-electron chi connectivity index (χ4n) is 2.08. The minimum Gasteiger partial charge on any atom is -0.370 e. The molecule has 1 aromatic rings. The van der Waals surface area contributed by atoms with E-state index in [0.717, 1.165) is 19.0 Å². The third kappa shape index (κ3) is 2.16. The largest absolute Gasteiger partial charge is 0.370 e. The van der Waals surface area contributed by atoms with Gasteiger partial charge < -0.3 is 10.2 Å². The zero-order valence-electron chi connectivity index (χ0n) is 10.8. The van der Waals surface area contributed by atoms with E-state index in [0.29, 0.717) is 0 Å². The van der Waals surface area contributed by atoms with Crippen molar-refractivity contribution in [2.45, 2.75) is 34.1 Å². The molecule has 0 saturated carbocycles. The van der Waals surface area contributed by atoms with Gasteiger partial charge in [0.05, 0.1) is 17.1 Å². The Morgan fingerprint density at radius 1 is 1.25 bits per heavy atom. The highest BCUT2D eigenvalue weighted by Crippen LogP contribution is 2.49. The highest BCUT2D eigenvalue weighted by atomic mass is 15.2. The first-order valence-corrected chi connectivity index (χ1v) is 6.29. The first-order valence-electron chi connectivity index (χ1n) is 6.29. The van der Waals surface area contributed by atoms with Crippen LogP contribution in [0.3, 0.4) is 0 Å². The molecule has 0 aliphatic carbocycles. The van der Waals surface area contributed by atoms with Crippen molar-refractivity contribution >= 4 is 17.1 Å². The molecule has 2 heteroatoms. The summed E-state index contributed by atoms with van der Waals surface area (Å²) >= 11 is 0. The Morgan fingerprint density at radius 3 is 2.62 bits per heavy atom. The van der Waals surface area contributed by atoms with E-state index in [9.17, 15) is 0 Å². The molecular weight excluding hydrogens is 196 g/mol. The second-order valence-corrected chi connectivity index (χ2v) is 5.04. The van der Waals surface area contributed by atoms with Gasteiger partial charge in [-0.3, -0.25) is 0 Å². The number of hydrogen-bond donors (Lipinski definition) is 1. The maximum atomic E-state index is 3.39. The zero-order valence-corrected chi connectivity index (χ0v) is 10.8. The number of benzene rings is 1. The molecule has 0 spiro atoms. The van der Waals surface area contributed by atoms with E-state index in [1.807, 2.05) is 0 Å². The summed E-state index contributed by atoms with van der Waals surface area (Å²) in [5.74, 6) is 0.774. The fraction of sp³-hybridized carbons (Fsp3) is 0.571.